The van der Waals surface area contributed by atoms with Gasteiger partial charge in [0.15, 0.2) is 18.7 Å². The van der Waals surface area contributed by atoms with Crippen LogP contribution in [0.25, 0.3) is 11.0 Å². The highest BCUT2D eigenvalue weighted by molar-refractivity contribution is 5.94. The van der Waals surface area contributed by atoms with Gasteiger partial charge in [-0.3, -0.25) is 14.7 Å². The molecule has 0 saturated carbocycles. The molecule has 8 nitrogen and oxygen atoms in total. The van der Waals surface area contributed by atoms with E-state index in [9.17, 15) is 4.79 Å². The lowest BCUT2D eigenvalue weighted by Crippen LogP contribution is -2.33. The molecule has 3 heterocycles. The fourth-order valence-corrected chi connectivity index (χ4v) is 3.95. The Bertz CT molecular complexity index is 1100. The number of guanidine groups is 1. The van der Waals surface area contributed by atoms with E-state index in [1.807, 2.05) is 58.0 Å². The van der Waals surface area contributed by atoms with Crippen LogP contribution >= 0.6 is 0 Å². The van der Waals surface area contributed by atoms with E-state index in [1.165, 1.54) is 0 Å². The highest BCUT2D eigenvalue weighted by atomic mass is 16.5. The molecule has 5 rings (SSSR count). The number of amides is 1. The zero-order chi connectivity index (χ0) is 19.8. The quantitative estimate of drug-likeness (QED) is 0.713. The van der Waals surface area contributed by atoms with Gasteiger partial charge in [0, 0.05) is 18.7 Å². The molecule has 2 aliphatic rings. The summed E-state index contributed by atoms with van der Waals surface area (Å²) in [5, 5.41) is 3.03. The van der Waals surface area contributed by atoms with Gasteiger partial charge in [0.1, 0.15) is 5.75 Å². The van der Waals surface area contributed by atoms with Crippen molar-refractivity contribution in [2.24, 2.45) is 10.7 Å². The van der Waals surface area contributed by atoms with E-state index >= 15 is 0 Å². The van der Waals surface area contributed by atoms with E-state index in [1.54, 1.807) is 0 Å². The lowest BCUT2D eigenvalue weighted by atomic mass is 10.1. The normalized spacial score (nSPS) is 18.3. The van der Waals surface area contributed by atoms with Gasteiger partial charge in [-0.2, -0.15) is 0 Å². The molecule has 1 saturated heterocycles. The molecule has 2 aliphatic heterocycles. The van der Waals surface area contributed by atoms with E-state index in [4.69, 9.17) is 10.5 Å². The molecule has 1 fully saturated rings. The smallest absolute Gasteiger partial charge is 0.260 e. The van der Waals surface area contributed by atoms with Gasteiger partial charge in [-0.25, -0.2) is 9.98 Å². The molecule has 0 unspecified atom stereocenters. The molecule has 8 heteroatoms. The summed E-state index contributed by atoms with van der Waals surface area (Å²) < 4.78 is 7.94. The van der Waals surface area contributed by atoms with Crippen molar-refractivity contribution < 1.29 is 9.53 Å². The number of benzene rings is 2. The molecule has 1 amide bonds. The molecule has 0 spiro atoms. The number of para-hydroxylation sites is 3. The number of carbonyl (C=O) groups excluding carboxylic acids is 1. The molecular formula is C21H22N6O2. The lowest BCUT2D eigenvalue weighted by Gasteiger charge is -2.25. The Hall–Kier alpha value is -3.55. The van der Waals surface area contributed by atoms with E-state index in [-0.39, 0.29) is 12.5 Å². The second-order valence-corrected chi connectivity index (χ2v) is 7.22. The van der Waals surface area contributed by atoms with Crippen LogP contribution < -0.4 is 15.8 Å². The third kappa shape index (κ3) is 3.16. The number of imidazole rings is 1. The average molecular weight is 390 g/mol. The maximum Gasteiger partial charge on any atom is 0.260 e. The summed E-state index contributed by atoms with van der Waals surface area (Å²) in [6, 6.07) is 15.5. The zero-order valence-electron chi connectivity index (χ0n) is 15.9. The standard InChI is InChI=1S/C21H22N6O2/c22-20-24-19(27-16-9-3-2-8-15(16)23-21(27)25-20)14-7-1-4-10-17(14)29-13-18(28)26-11-5-6-12-26/h1-4,7-10,19H,5-6,11-13H2,(H3,22,23,24,25)/t19-/m1/s1. The third-order valence-electron chi connectivity index (χ3n) is 5.35. The maximum absolute atomic E-state index is 12.4. The van der Waals surface area contributed by atoms with E-state index in [0.717, 1.165) is 42.5 Å². The van der Waals surface area contributed by atoms with Gasteiger partial charge in [0.25, 0.3) is 5.91 Å². The van der Waals surface area contributed by atoms with Crippen molar-refractivity contribution in [1.82, 2.24) is 14.5 Å². The maximum atomic E-state index is 12.4. The first-order chi connectivity index (χ1) is 14.2. The summed E-state index contributed by atoms with van der Waals surface area (Å²) in [5.41, 5.74) is 8.67. The minimum atomic E-state index is -0.434. The topological polar surface area (TPSA) is 97.8 Å². The number of rotatable bonds is 4. The fraction of sp³-hybridized carbons (Fsp3) is 0.286. The summed E-state index contributed by atoms with van der Waals surface area (Å²) in [5.74, 6) is 1.55. The molecule has 1 aromatic heterocycles. The van der Waals surface area contributed by atoms with Crippen molar-refractivity contribution in [2.45, 2.75) is 19.0 Å². The monoisotopic (exact) mass is 390 g/mol. The van der Waals surface area contributed by atoms with Crippen molar-refractivity contribution in [2.75, 3.05) is 25.0 Å². The fourth-order valence-electron chi connectivity index (χ4n) is 3.95. The minimum Gasteiger partial charge on any atom is -0.483 e. The Morgan fingerprint density at radius 1 is 1.14 bits per heavy atom. The molecular weight excluding hydrogens is 368 g/mol. The molecule has 3 aromatic rings. The van der Waals surface area contributed by atoms with Crippen LogP contribution in [0.2, 0.25) is 0 Å². The molecule has 2 aromatic carbocycles. The van der Waals surface area contributed by atoms with Crippen molar-refractivity contribution in [3.63, 3.8) is 0 Å². The van der Waals surface area contributed by atoms with Crippen molar-refractivity contribution in [3.8, 4) is 5.75 Å². The molecule has 0 bridgehead atoms. The van der Waals surface area contributed by atoms with Crippen LogP contribution in [0.3, 0.4) is 0 Å². The SMILES string of the molecule is NC1=N[C@@H](c2ccccc2OCC(=O)N2CCCC2)n2c(nc3ccccc32)N1. The Kier molecular flexibility index (Phi) is 4.31. The first-order valence-electron chi connectivity index (χ1n) is 9.77. The van der Waals surface area contributed by atoms with Crippen molar-refractivity contribution >= 4 is 28.8 Å². The molecule has 0 aliphatic carbocycles. The number of fused-ring (bicyclic) bond motifs is 3. The number of nitrogens with one attached hydrogen (secondary N) is 1. The summed E-state index contributed by atoms with van der Waals surface area (Å²) in [7, 11) is 0. The van der Waals surface area contributed by atoms with Crippen LogP contribution in [-0.2, 0) is 4.79 Å². The minimum absolute atomic E-state index is 0.0126. The number of likely N-dealkylation sites (tertiary alicyclic amines) is 1. The molecule has 1 atom stereocenters. The number of aliphatic imine (C=N–C) groups is 1. The van der Waals surface area contributed by atoms with Gasteiger partial charge in [-0.05, 0) is 31.0 Å². The van der Waals surface area contributed by atoms with Gasteiger partial charge in [0.2, 0.25) is 5.95 Å². The third-order valence-corrected chi connectivity index (χ3v) is 5.35. The van der Waals surface area contributed by atoms with Gasteiger partial charge in [-0.1, -0.05) is 30.3 Å². The zero-order valence-corrected chi connectivity index (χ0v) is 15.9. The molecule has 148 valence electrons. The van der Waals surface area contributed by atoms with Crippen molar-refractivity contribution in [1.29, 1.82) is 0 Å². The van der Waals surface area contributed by atoms with Crippen LogP contribution in [0.1, 0.15) is 24.6 Å². The first kappa shape index (κ1) is 17.5. The molecule has 29 heavy (non-hydrogen) atoms. The molecule has 3 N–H and O–H groups in total. The predicted molar refractivity (Wildman–Crippen MR) is 111 cm³/mol. The highest BCUT2D eigenvalue weighted by Gasteiger charge is 2.27. The van der Waals surface area contributed by atoms with Crippen molar-refractivity contribution in [3.05, 3.63) is 54.1 Å². The van der Waals surface area contributed by atoms with Gasteiger partial charge < -0.3 is 15.4 Å². The second-order valence-electron chi connectivity index (χ2n) is 7.22. The number of nitrogens with zero attached hydrogens (tertiary/aromatic N) is 4. The highest BCUT2D eigenvalue weighted by Crippen LogP contribution is 2.36. The number of ether oxygens (including phenoxy) is 1. The van der Waals surface area contributed by atoms with E-state index in [2.05, 4.69) is 15.3 Å². The first-order valence-corrected chi connectivity index (χ1v) is 9.77. The number of nitrogens with two attached hydrogens (primary N) is 1. The van der Waals surface area contributed by atoms with E-state index in [0.29, 0.717) is 17.7 Å². The number of hydrogen-bond donors (Lipinski definition) is 2. The Labute approximate surface area is 168 Å². The number of carbonyl (C=O) groups is 1. The van der Waals surface area contributed by atoms with Crippen LogP contribution in [0, 0.1) is 0 Å². The van der Waals surface area contributed by atoms with Crippen LogP contribution in [0.5, 0.6) is 5.75 Å². The van der Waals surface area contributed by atoms with Gasteiger partial charge in [-0.15, -0.1) is 0 Å². The summed E-state index contributed by atoms with van der Waals surface area (Å²) >= 11 is 0. The van der Waals surface area contributed by atoms with Crippen LogP contribution in [-0.4, -0.2) is 46.0 Å². The van der Waals surface area contributed by atoms with E-state index < -0.39 is 6.17 Å². The largest absolute Gasteiger partial charge is 0.483 e. The average Bonchev–Trinajstić information content (AvgIpc) is 3.39. The predicted octanol–water partition coefficient (Wildman–Crippen LogP) is 2.32. The number of hydrogen-bond acceptors (Lipinski definition) is 6. The summed E-state index contributed by atoms with van der Waals surface area (Å²) in [6.07, 6.45) is 1.68. The Balaban J connectivity index is 1.50. The summed E-state index contributed by atoms with van der Waals surface area (Å²) in [4.78, 5) is 23.5. The number of anilines is 1. The Morgan fingerprint density at radius 2 is 1.90 bits per heavy atom. The lowest BCUT2D eigenvalue weighted by molar-refractivity contribution is -0.132. The number of aromatic nitrogens is 2. The summed E-state index contributed by atoms with van der Waals surface area (Å²) in [6.45, 7) is 1.63. The van der Waals surface area contributed by atoms with Gasteiger partial charge in [0.05, 0.1) is 11.0 Å². The van der Waals surface area contributed by atoms with Gasteiger partial charge >= 0.3 is 0 Å². The second kappa shape index (κ2) is 7.12. The molecule has 0 radical (unpaired) electrons. The van der Waals surface area contributed by atoms with Crippen LogP contribution in [0.15, 0.2) is 53.5 Å². The Morgan fingerprint density at radius 3 is 2.76 bits per heavy atom. The van der Waals surface area contributed by atoms with Crippen LogP contribution in [0.4, 0.5) is 5.95 Å².